The number of piperidine rings is 1. The molecule has 0 aromatic heterocycles. The van der Waals surface area contributed by atoms with Crippen molar-refractivity contribution < 1.29 is 14.4 Å². The maximum atomic E-state index is 11.0. The second-order valence-electron chi connectivity index (χ2n) is 7.73. The van der Waals surface area contributed by atoms with Crippen LogP contribution in [-0.4, -0.2) is 48.4 Å². The Labute approximate surface area is 170 Å². The Kier molecular flexibility index (Phi) is 12.6. The molecule has 0 radical (unpaired) electrons. The average Bonchev–Trinajstić information content (AvgIpc) is 3.00. The molecule has 2 heterocycles. The maximum Gasteiger partial charge on any atom is 0.177 e. The molecule has 0 amide bonds. The third-order valence-electron chi connectivity index (χ3n) is 5.64. The summed E-state index contributed by atoms with van der Waals surface area (Å²) in [5.74, 6) is 1.07. The molecule has 4 rings (SSSR count). The first-order valence-corrected chi connectivity index (χ1v) is 10.8. The molecule has 2 bridgehead atoms. The number of allylic oxidation sites excluding steroid dienone is 4. The molecule has 0 spiro atoms. The van der Waals surface area contributed by atoms with Crippen LogP contribution in [0, 0.1) is 0 Å². The summed E-state index contributed by atoms with van der Waals surface area (Å²) in [4.78, 5) is 34.6. The first kappa shape index (κ1) is 24.4. The Morgan fingerprint density at radius 3 is 1.71 bits per heavy atom. The SMILES string of the molecule is CN.CN1C2CCC1CC(=O)C2.O=C1C=CCCC=C1.O=C1CCCCCC1. The van der Waals surface area contributed by atoms with E-state index in [1.54, 1.807) is 12.2 Å². The smallest absolute Gasteiger partial charge is 0.177 e. The Morgan fingerprint density at radius 1 is 0.786 bits per heavy atom. The molecule has 0 aromatic carbocycles. The standard InChI is InChI=1S/C8H13NO.C7H12O.C7H8O.CH5N/c1-9-6-2-3-7(9)5-8(10)4-6;2*8-7-5-3-1-2-4-6-7;1-2/h6-7H,2-5H2,1H3;1-6H2;3-6H,1-2H2;2H2,1H3. The van der Waals surface area contributed by atoms with E-state index in [0.717, 1.165) is 51.4 Å². The number of fused-ring (bicyclic) bond motifs is 2. The van der Waals surface area contributed by atoms with Crippen LogP contribution in [0.3, 0.4) is 0 Å². The van der Waals surface area contributed by atoms with E-state index in [-0.39, 0.29) is 5.78 Å². The predicted octanol–water partition coefficient (Wildman–Crippen LogP) is 3.76. The summed E-state index contributed by atoms with van der Waals surface area (Å²) < 4.78 is 0. The normalized spacial score (nSPS) is 26.6. The molecule has 2 atom stereocenters. The van der Waals surface area contributed by atoms with Crippen molar-refractivity contribution in [2.75, 3.05) is 14.1 Å². The zero-order chi connectivity index (χ0) is 20.8. The van der Waals surface area contributed by atoms with Gasteiger partial charge in [0.15, 0.2) is 5.78 Å². The predicted molar refractivity (Wildman–Crippen MR) is 114 cm³/mol. The highest BCUT2D eigenvalue weighted by Gasteiger charge is 2.37. The molecule has 2 aliphatic heterocycles. The van der Waals surface area contributed by atoms with Crippen LogP contribution in [0.2, 0.25) is 0 Å². The molecular weight excluding hydrogens is 352 g/mol. The number of Topliss-reactive ketones (excluding diaryl/α,β-unsaturated/α-hetero) is 2. The zero-order valence-electron chi connectivity index (χ0n) is 17.7. The lowest BCUT2D eigenvalue weighted by Crippen LogP contribution is -2.39. The molecule has 2 aliphatic carbocycles. The lowest BCUT2D eigenvalue weighted by molar-refractivity contribution is -0.123. The fourth-order valence-corrected chi connectivity index (χ4v) is 3.96. The lowest BCUT2D eigenvalue weighted by atomic mass is 10.0. The minimum atomic E-state index is 0.113. The number of carbonyl (C=O) groups is 3. The van der Waals surface area contributed by atoms with Crippen molar-refractivity contribution in [2.24, 2.45) is 5.73 Å². The highest BCUT2D eigenvalue weighted by molar-refractivity contribution is 5.99. The summed E-state index contributed by atoms with van der Waals surface area (Å²) in [6.07, 6.45) is 19.7. The molecule has 5 heteroatoms. The van der Waals surface area contributed by atoms with E-state index in [1.807, 2.05) is 12.2 Å². The van der Waals surface area contributed by atoms with Gasteiger partial charge in [-0.25, -0.2) is 0 Å². The topological polar surface area (TPSA) is 80.5 Å². The van der Waals surface area contributed by atoms with Crippen molar-refractivity contribution in [1.29, 1.82) is 0 Å². The van der Waals surface area contributed by atoms with E-state index in [1.165, 1.54) is 32.7 Å². The summed E-state index contributed by atoms with van der Waals surface area (Å²) in [5, 5.41) is 0. The Morgan fingerprint density at radius 2 is 1.25 bits per heavy atom. The van der Waals surface area contributed by atoms with Gasteiger partial charge in [-0.05, 0) is 64.8 Å². The van der Waals surface area contributed by atoms with Crippen LogP contribution in [0.25, 0.3) is 0 Å². The van der Waals surface area contributed by atoms with E-state index in [9.17, 15) is 14.4 Å². The quantitative estimate of drug-likeness (QED) is 0.637. The number of ketones is 3. The highest BCUT2D eigenvalue weighted by Crippen LogP contribution is 2.31. The molecular formula is C23H38N2O3. The second kappa shape index (κ2) is 14.4. The molecule has 1 saturated carbocycles. The Balaban J connectivity index is 0.000000203. The van der Waals surface area contributed by atoms with Crippen LogP contribution in [-0.2, 0) is 14.4 Å². The largest absolute Gasteiger partial charge is 0.333 e. The molecule has 3 fully saturated rings. The number of nitrogens with zero attached hydrogens (tertiary/aromatic N) is 1. The van der Waals surface area contributed by atoms with Crippen molar-refractivity contribution in [1.82, 2.24) is 4.90 Å². The van der Waals surface area contributed by atoms with Crippen molar-refractivity contribution in [3.63, 3.8) is 0 Å². The Hall–Kier alpha value is -1.59. The van der Waals surface area contributed by atoms with Crippen LogP contribution in [0.15, 0.2) is 24.3 Å². The molecule has 2 N–H and O–H groups in total. The molecule has 2 saturated heterocycles. The molecule has 0 aromatic rings. The third-order valence-corrected chi connectivity index (χ3v) is 5.64. The first-order valence-electron chi connectivity index (χ1n) is 10.8. The van der Waals surface area contributed by atoms with Crippen molar-refractivity contribution in [3.8, 4) is 0 Å². The summed E-state index contributed by atoms with van der Waals surface area (Å²) in [6, 6.07) is 1.18. The zero-order valence-corrected chi connectivity index (χ0v) is 17.7. The van der Waals surface area contributed by atoms with Crippen molar-refractivity contribution in [2.45, 2.75) is 89.1 Å². The summed E-state index contributed by atoms with van der Waals surface area (Å²) in [7, 11) is 3.65. The van der Waals surface area contributed by atoms with E-state index in [4.69, 9.17) is 0 Å². The van der Waals surface area contributed by atoms with Crippen LogP contribution in [0.4, 0.5) is 0 Å². The van der Waals surface area contributed by atoms with Crippen LogP contribution < -0.4 is 5.73 Å². The summed E-state index contributed by atoms with van der Waals surface area (Å²) in [6.45, 7) is 0. The van der Waals surface area contributed by atoms with Crippen LogP contribution >= 0.6 is 0 Å². The molecule has 28 heavy (non-hydrogen) atoms. The molecule has 4 aliphatic rings. The second-order valence-corrected chi connectivity index (χ2v) is 7.73. The highest BCUT2D eigenvalue weighted by atomic mass is 16.1. The molecule has 2 unspecified atom stereocenters. The van der Waals surface area contributed by atoms with Crippen molar-refractivity contribution in [3.05, 3.63) is 24.3 Å². The van der Waals surface area contributed by atoms with Gasteiger partial charge in [-0.3, -0.25) is 19.3 Å². The van der Waals surface area contributed by atoms with Gasteiger partial charge in [-0.1, -0.05) is 25.0 Å². The van der Waals surface area contributed by atoms with Gasteiger partial charge in [-0.2, -0.15) is 0 Å². The van der Waals surface area contributed by atoms with E-state index in [0.29, 0.717) is 23.7 Å². The van der Waals surface area contributed by atoms with Gasteiger partial charge in [0, 0.05) is 37.8 Å². The van der Waals surface area contributed by atoms with Crippen LogP contribution in [0.1, 0.15) is 77.0 Å². The van der Waals surface area contributed by atoms with E-state index < -0.39 is 0 Å². The molecule has 5 nitrogen and oxygen atoms in total. The fourth-order valence-electron chi connectivity index (χ4n) is 3.96. The number of rotatable bonds is 0. The number of carbonyl (C=O) groups excluding carboxylic acids is 3. The molecule has 158 valence electrons. The van der Waals surface area contributed by atoms with Gasteiger partial charge in [0.25, 0.3) is 0 Å². The Bertz CT molecular complexity index is 512. The van der Waals surface area contributed by atoms with Gasteiger partial charge >= 0.3 is 0 Å². The third kappa shape index (κ3) is 9.56. The van der Waals surface area contributed by atoms with Gasteiger partial charge < -0.3 is 5.73 Å². The summed E-state index contributed by atoms with van der Waals surface area (Å²) >= 11 is 0. The van der Waals surface area contributed by atoms with Gasteiger partial charge in [-0.15, -0.1) is 0 Å². The maximum absolute atomic E-state index is 11.0. The lowest BCUT2D eigenvalue weighted by Gasteiger charge is -2.29. The van der Waals surface area contributed by atoms with E-state index in [2.05, 4.69) is 17.7 Å². The van der Waals surface area contributed by atoms with Gasteiger partial charge in [0.05, 0.1) is 0 Å². The van der Waals surface area contributed by atoms with Gasteiger partial charge in [0.2, 0.25) is 0 Å². The average molecular weight is 391 g/mol. The van der Waals surface area contributed by atoms with E-state index >= 15 is 0 Å². The van der Waals surface area contributed by atoms with Gasteiger partial charge in [0.1, 0.15) is 11.6 Å². The number of nitrogens with two attached hydrogens (primary N) is 1. The summed E-state index contributed by atoms with van der Waals surface area (Å²) in [5.41, 5.74) is 4.50. The van der Waals surface area contributed by atoms with Crippen LogP contribution in [0.5, 0.6) is 0 Å². The fraction of sp³-hybridized carbons (Fsp3) is 0.696. The number of hydrogen-bond acceptors (Lipinski definition) is 5. The minimum absolute atomic E-state index is 0.113. The number of hydrogen-bond donors (Lipinski definition) is 1. The monoisotopic (exact) mass is 390 g/mol. The van der Waals surface area contributed by atoms with Crippen molar-refractivity contribution >= 4 is 17.3 Å². The minimum Gasteiger partial charge on any atom is -0.333 e. The first-order chi connectivity index (χ1) is 13.6.